The zero-order valence-electron chi connectivity index (χ0n) is 14.0. The van der Waals surface area contributed by atoms with Crippen molar-refractivity contribution >= 4 is 5.82 Å². The number of aromatic nitrogens is 2. The fourth-order valence-electron chi connectivity index (χ4n) is 4.11. The first-order valence-electron chi connectivity index (χ1n) is 9.00. The van der Waals surface area contributed by atoms with E-state index in [1.54, 1.807) is 0 Å². The third-order valence-electron chi connectivity index (χ3n) is 5.81. The van der Waals surface area contributed by atoms with Gasteiger partial charge in [0.25, 0.3) is 0 Å². The van der Waals surface area contributed by atoms with Crippen LogP contribution in [0.1, 0.15) is 56.0 Å². The summed E-state index contributed by atoms with van der Waals surface area (Å²) in [7, 11) is 0. The Balaban J connectivity index is 1.63. The topological polar surface area (TPSA) is 58.5 Å². The number of hydrogen-bond acceptors (Lipinski definition) is 5. The first-order valence-corrected chi connectivity index (χ1v) is 9.00. The van der Waals surface area contributed by atoms with E-state index in [1.807, 2.05) is 0 Å². The Morgan fingerprint density at radius 1 is 1.22 bits per heavy atom. The minimum atomic E-state index is 0.185. The predicted octanol–water partition coefficient (Wildman–Crippen LogP) is 2.42. The molecular weight excluding hydrogens is 290 g/mol. The highest BCUT2D eigenvalue weighted by Gasteiger charge is 2.41. The van der Waals surface area contributed by atoms with Gasteiger partial charge in [0.1, 0.15) is 11.6 Å². The molecular formula is C18H27N3O2. The number of piperidine rings is 1. The van der Waals surface area contributed by atoms with E-state index in [2.05, 4.69) is 22.9 Å². The Kier molecular flexibility index (Phi) is 4.01. The largest absolute Gasteiger partial charge is 0.394 e. The first-order chi connectivity index (χ1) is 11.2. The molecule has 4 rings (SSSR count). The van der Waals surface area contributed by atoms with Gasteiger partial charge in [0, 0.05) is 37.4 Å². The van der Waals surface area contributed by atoms with Crippen molar-refractivity contribution < 1.29 is 9.84 Å². The lowest BCUT2D eigenvalue weighted by molar-refractivity contribution is 0.000819. The average Bonchev–Trinajstić information content (AvgIpc) is 3.40. The smallest absolute Gasteiger partial charge is 0.134 e. The molecule has 0 amide bonds. The van der Waals surface area contributed by atoms with E-state index in [9.17, 15) is 5.11 Å². The van der Waals surface area contributed by atoms with Crippen LogP contribution in [0.25, 0.3) is 0 Å². The standard InChI is InChI=1S/C18H27N3O2/c1-13-10-16(20-17(19-13)14-2-3-14)21-12-18(5-4-15(21)11-22)6-8-23-9-7-18/h10,14-15,22H,2-9,11-12H2,1H3. The highest BCUT2D eigenvalue weighted by molar-refractivity contribution is 5.43. The number of rotatable bonds is 3. The summed E-state index contributed by atoms with van der Waals surface area (Å²) in [4.78, 5) is 11.8. The molecule has 1 aromatic heterocycles. The van der Waals surface area contributed by atoms with Gasteiger partial charge >= 0.3 is 0 Å². The van der Waals surface area contributed by atoms with Crippen molar-refractivity contribution in [3.8, 4) is 0 Å². The second-order valence-corrected chi connectivity index (χ2v) is 7.62. The lowest BCUT2D eigenvalue weighted by atomic mass is 9.72. The van der Waals surface area contributed by atoms with Crippen molar-refractivity contribution in [1.29, 1.82) is 0 Å². The van der Waals surface area contributed by atoms with Gasteiger partial charge in [-0.1, -0.05) is 0 Å². The number of aliphatic hydroxyl groups is 1. The van der Waals surface area contributed by atoms with Crippen molar-refractivity contribution in [1.82, 2.24) is 9.97 Å². The molecule has 1 unspecified atom stereocenters. The normalized spacial score (nSPS) is 27.4. The van der Waals surface area contributed by atoms with Gasteiger partial charge in [0.15, 0.2) is 0 Å². The molecule has 1 saturated carbocycles. The molecule has 3 fully saturated rings. The van der Waals surface area contributed by atoms with Crippen LogP contribution in [0, 0.1) is 12.3 Å². The highest BCUT2D eigenvalue weighted by Crippen LogP contribution is 2.43. The second-order valence-electron chi connectivity index (χ2n) is 7.62. The monoisotopic (exact) mass is 317 g/mol. The zero-order chi connectivity index (χ0) is 15.9. The van der Waals surface area contributed by atoms with Gasteiger partial charge in [-0.15, -0.1) is 0 Å². The van der Waals surface area contributed by atoms with Crippen LogP contribution in [0.15, 0.2) is 6.07 Å². The maximum absolute atomic E-state index is 9.86. The molecule has 2 saturated heterocycles. The van der Waals surface area contributed by atoms with Crippen LogP contribution in [0.3, 0.4) is 0 Å². The van der Waals surface area contributed by atoms with Gasteiger partial charge in [0.2, 0.25) is 0 Å². The molecule has 5 heteroatoms. The second kappa shape index (κ2) is 6.02. The van der Waals surface area contributed by atoms with Crippen LogP contribution in [0.5, 0.6) is 0 Å². The molecule has 0 radical (unpaired) electrons. The van der Waals surface area contributed by atoms with Gasteiger partial charge in [0.05, 0.1) is 12.6 Å². The van der Waals surface area contributed by atoms with E-state index in [0.717, 1.165) is 56.4 Å². The third-order valence-corrected chi connectivity index (χ3v) is 5.81. The molecule has 0 aromatic carbocycles. The summed E-state index contributed by atoms with van der Waals surface area (Å²) in [6, 6.07) is 2.28. The minimum absolute atomic E-state index is 0.185. The molecule has 0 bridgehead atoms. The Labute approximate surface area is 138 Å². The van der Waals surface area contributed by atoms with E-state index in [1.165, 1.54) is 19.3 Å². The van der Waals surface area contributed by atoms with E-state index < -0.39 is 0 Å². The average molecular weight is 317 g/mol. The number of anilines is 1. The molecule has 1 N–H and O–H groups in total. The Hall–Kier alpha value is -1.20. The maximum atomic E-state index is 9.86. The van der Waals surface area contributed by atoms with Crippen molar-refractivity contribution in [2.75, 3.05) is 31.3 Å². The van der Waals surface area contributed by atoms with Gasteiger partial charge in [-0.25, -0.2) is 9.97 Å². The SMILES string of the molecule is Cc1cc(N2CC3(CCOCC3)CCC2CO)nc(C2CC2)n1. The summed E-state index contributed by atoms with van der Waals surface area (Å²) in [6.07, 6.45) is 6.92. The highest BCUT2D eigenvalue weighted by atomic mass is 16.5. The molecule has 1 aromatic rings. The lowest BCUT2D eigenvalue weighted by Crippen LogP contribution is -2.52. The van der Waals surface area contributed by atoms with Crippen LogP contribution in [0.2, 0.25) is 0 Å². The number of ether oxygens (including phenoxy) is 1. The molecule has 5 nitrogen and oxygen atoms in total. The van der Waals surface area contributed by atoms with Gasteiger partial charge < -0.3 is 14.7 Å². The Morgan fingerprint density at radius 2 is 2.00 bits per heavy atom. The Morgan fingerprint density at radius 3 is 2.70 bits per heavy atom. The number of hydrogen-bond donors (Lipinski definition) is 1. The van der Waals surface area contributed by atoms with Crippen LogP contribution in [-0.2, 0) is 4.74 Å². The van der Waals surface area contributed by atoms with E-state index in [4.69, 9.17) is 9.72 Å². The summed E-state index contributed by atoms with van der Waals surface area (Å²) < 4.78 is 5.58. The van der Waals surface area contributed by atoms with Crippen LogP contribution >= 0.6 is 0 Å². The van der Waals surface area contributed by atoms with E-state index in [-0.39, 0.29) is 12.6 Å². The maximum Gasteiger partial charge on any atom is 0.134 e. The summed E-state index contributed by atoms with van der Waals surface area (Å²) in [6.45, 7) is 4.98. The quantitative estimate of drug-likeness (QED) is 0.928. The van der Waals surface area contributed by atoms with Crippen molar-refractivity contribution in [2.45, 2.75) is 57.4 Å². The number of aliphatic hydroxyl groups excluding tert-OH is 1. The third kappa shape index (κ3) is 3.09. The molecule has 23 heavy (non-hydrogen) atoms. The van der Waals surface area contributed by atoms with Crippen molar-refractivity contribution in [2.24, 2.45) is 5.41 Å². The predicted molar refractivity (Wildman–Crippen MR) is 88.7 cm³/mol. The summed E-state index contributed by atoms with van der Waals surface area (Å²) >= 11 is 0. The molecule has 1 spiro atoms. The van der Waals surface area contributed by atoms with E-state index >= 15 is 0 Å². The first kappa shape index (κ1) is 15.3. The lowest BCUT2D eigenvalue weighted by Gasteiger charge is -2.49. The zero-order valence-corrected chi connectivity index (χ0v) is 14.0. The van der Waals surface area contributed by atoms with Crippen LogP contribution in [-0.4, -0.2) is 47.5 Å². The van der Waals surface area contributed by atoms with Gasteiger partial charge in [-0.3, -0.25) is 0 Å². The summed E-state index contributed by atoms with van der Waals surface area (Å²) in [5, 5.41) is 9.86. The fourth-order valence-corrected chi connectivity index (χ4v) is 4.11. The van der Waals surface area contributed by atoms with Crippen LogP contribution in [0.4, 0.5) is 5.82 Å². The Bertz CT molecular complexity index is 567. The van der Waals surface area contributed by atoms with E-state index in [0.29, 0.717) is 11.3 Å². The van der Waals surface area contributed by atoms with Crippen LogP contribution < -0.4 is 4.90 Å². The number of nitrogens with zero attached hydrogens (tertiary/aromatic N) is 3. The molecule has 126 valence electrons. The molecule has 1 atom stereocenters. The number of aryl methyl sites for hydroxylation is 1. The van der Waals surface area contributed by atoms with Gasteiger partial charge in [-0.2, -0.15) is 0 Å². The fraction of sp³-hybridized carbons (Fsp3) is 0.778. The molecule has 3 aliphatic rings. The van der Waals surface area contributed by atoms with Gasteiger partial charge in [-0.05, 0) is 50.9 Å². The molecule has 3 heterocycles. The minimum Gasteiger partial charge on any atom is -0.394 e. The van der Waals surface area contributed by atoms with Crippen molar-refractivity contribution in [3.63, 3.8) is 0 Å². The van der Waals surface area contributed by atoms with Crippen molar-refractivity contribution in [3.05, 3.63) is 17.6 Å². The molecule has 1 aliphatic carbocycles. The summed E-state index contributed by atoms with van der Waals surface area (Å²) in [5.74, 6) is 2.58. The summed E-state index contributed by atoms with van der Waals surface area (Å²) in [5.41, 5.74) is 1.38. The molecule has 2 aliphatic heterocycles.